The van der Waals surface area contributed by atoms with Crippen molar-refractivity contribution in [3.63, 3.8) is 0 Å². The number of Topliss-reactive ketones (excluding diaryl/α,β-unsaturated/α-hetero) is 1. The number of aliphatic hydroxyl groups is 1. The lowest BCUT2D eigenvalue weighted by Gasteiger charge is -2.46. The number of esters is 1. The molecule has 3 heterocycles. The highest BCUT2D eigenvalue weighted by atomic mass is 127. The van der Waals surface area contributed by atoms with Crippen LogP contribution in [0.2, 0.25) is 0 Å². The van der Waals surface area contributed by atoms with Crippen LogP contribution in [0.4, 0.5) is 5.13 Å². The number of amides is 1. The summed E-state index contributed by atoms with van der Waals surface area (Å²) < 4.78 is 11.7. The number of allylic oxidation sites excluding steroid dienone is 1. The number of hydrogen-bond donors (Lipinski definition) is 3. The Balaban J connectivity index is 0.00000500. The minimum absolute atomic E-state index is 0. The highest BCUT2D eigenvalue weighted by molar-refractivity contribution is 8.00. The number of ketones is 1. The Hall–Kier alpha value is -2.99. The van der Waals surface area contributed by atoms with E-state index in [1.165, 1.54) is 18.9 Å². The van der Waals surface area contributed by atoms with E-state index in [-0.39, 0.29) is 70.8 Å². The first-order valence-corrected chi connectivity index (χ1v) is 17.0. The number of carbonyl (C=O) groups is 3. The number of oxime groups is 1. The lowest BCUT2D eigenvalue weighted by atomic mass is 9.71. The monoisotopic (exact) mass is 797 g/mol. The van der Waals surface area contributed by atoms with Gasteiger partial charge in [-0.2, -0.15) is 11.8 Å². The predicted molar refractivity (Wildman–Crippen MR) is 176 cm³/mol. The van der Waals surface area contributed by atoms with Crippen LogP contribution < -0.4 is 39.8 Å². The number of aliphatic hydroxyl groups excluding tert-OH is 1. The van der Waals surface area contributed by atoms with E-state index in [0.717, 1.165) is 52.8 Å². The number of likely N-dealkylation sites (N-methyl/N-ethyl adjacent to an activating group) is 1. The van der Waals surface area contributed by atoms with Crippen LogP contribution in [-0.2, 0) is 30.6 Å². The van der Waals surface area contributed by atoms with Crippen molar-refractivity contribution in [3.05, 3.63) is 64.2 Å². The number of nitrogens with zero attached hydrogens (tertiary/aromatic N) is 3. The van der Waals surface area contributed by atoms with Crippen LogP contribution in [0.5, 0.6) is 5.75 Å². The lowest BCUT2D eigenvalue weighted by molar-refractivity contribution is -0.933. The first kappa shape index (κ1) is 36.8. The molecule has 5 atom stereocenters. The number of nitrogen functional groups attached to an aromatic ring is 1. The van der Waals surface area contributed by atoms with E-state index in [1.807, 2.05) is 24.3 Å². The Morgan fingerprint density at radius 2 is 2.00 bits per heavy atom. The summed E-state index contributed by atoms with van der Waals surface area (Å²) in [5.74, 6) is -1.06. The number of quaternary nitrogens is 1. The van der Waals surface area contributed by atoms with Gasteiger partial charge in [0.05, 0.1) is 45.3 Å². The largest absolute Gasteiger partial charge is 1.00 e. The van der Waals surface area contributed by atoms with Crippen LogP contribution in [0, 0.1) is 5.92 Å². The minimum Gasteiger partial charge on any atom is -1.00 e. The number of thioether (sulfide) groups is 1. The summed E-state index contributed by atoms with van der Waals surface area (Å²) >= 11 is 2.67. The Morgan fingerprint density at radius 3 is 2.66 bits per heavy atom. The van der Waals surface area contributed by atoms with E-state index in [0.29, 0.717) is 23.6 Å². The molecule has 1 saturated carbocycles. The number of halogens is 1. The fraction of sp³-hybridized carbons (Fsp3) is 0.469. The second-order valence-corrected chi connectivity index (χ2v) is 13.8. The molecule has 1 aliphatic carbocycles. The SMILES string of the molecule is CO/N=C(\C(=O)N[C@@H]1C(=O)C2C(C(=O)OCc3ccc(OC)cc3)=C(/C=C/C[N+]3(C)CCCCC3CO)CS[C@@H]21)c1csc(N)n1.[I-]. The number of piperidine rings is 1. The molecule has 2 aliphatic heterocycles. The normalized spacial score (nSPS) is 25.8. The number of methoxy groups -OCH3 is 1. The van der Waals surface area contributed by atoms with Gasteiger partial charge in [0, 0.05) is 22.8 Å². The fourth-order valence-corrected chi connectivity index (χ4v) is 8.29. The van der Waals surface area contributed by atoms with Gasteiger partial charge < -0.3 is 58.9 Å². The van der Waals surface area contributed by atoms with Crippen LogP contribution >= 0.6 is 23.1 Å². The van der Waals surface area contributed by atoms with Crippen molar-refractivity contribution < 1.29 is 62.3 Å². The summed E-state index contributed by atoms with van der Waals surface area (Å²) in [7, 11) is 5.04. The molecular weight excluding hydrogens is 757 g/mol. The molecule has 47 heavy (non-hydrogen) atoms. The molecule has 1 amide bonds. The summed E-state index contributed by atoms with van der Waals surface area (Å²) in [5, 5.41) is 18.0. The van der Waals surface area contributed by atoms with Gasteiger partial charge in [0.25, 0.3) is 5.91 Å². The first-order valence-electron chi connectivity index (χ1n) is 15.1. The van der Waals surface area contributed by atoms with Crippen molar-refractivity contribution in [2.45, 2.75) is 43.2 Å². The van der Waals surface area contributed by atoms with E-state index < -0.39 is 23.8 Å². The van der Waals surface area contributed by atoms with Crippen molar-refractivity contribution in [1.29, 1.82) is 0 Å². The summed E-state index contributed by atoms with van der Waals surface area (Å²) in [5.41, 5.74) is 7.72. The number of nitrogens with one attached hydrogen (secondary N) is 1. The molecule has 254 valence electrons. The van der Waals surface area contributed by atoms with Crippen LogP contribution in [-0.4, -0.2) is 102 Å². The number of thiazole rings is 1. The molecule has 1 aromatic heterocycles. The molecule has 0 spiro atoms. The maximum atomic E-state index is 13.7. The van der Waals surface area contributed by atoms with Crippen LogP contribution in [0.15, 0.2) is 58.1 Å². The number of rotatable bonds is 12. The van der Waals surface area contributed by atoms with Crippen molar-refractivity contribution in [2.75, 3.05) is 52.5 Å². The van der Waals surface area contributed by atoms with Crippen molar-refractivity contribution in [1.82, 2.24) is 10.3 Å². The molecule has 3 aliphatic rings. The van der Waals surface area contributed by atoms with Crippen LogP contribution in [0.3, 0.4) is 0 Å². The number of hydrogen-bond acceptors (Lipinski definition) is 12. The molecule has 4 N–H and O–H groups in total. The molecule has 15 heteroatoms. The maximum absolute atomic E-state index is 13.7. The van der Waals surface area contributed by atoms with E-state index in [9.17, 15) is 19.5 Å². The summed E-state index contributed by atoms with van der Waals surface area (Å²) in [4.78, 5) is 49.6. The molecule has 2 aromatic rings. The van der Waals surface area contributed by atoms with Gasteiger partial charge in [-0.25, -0.2) is 9.78 Å². The van der Waals surface area contributed by atoms with Gasteiger partial charge in [-0.05, 0) is 42.2 Å². The van der Waals surface area contributed by atoms with E-state index in [2.05, 4.69) is 22.5 Å². The van der Waals surface area contributed by atoms with Gasteiger partial charge >= 0.3 is 5.97 Å². The number of fused-ring (bicyclic) bond motifs is 1. The molecule has 5 rings (SSSR count). The molecule has 0 bridgehead atoms. The fourth-order valence-electron chi connectivity index (χ4n) is 6.26. The summed E-state index contributed by atoms with van der Waals surface area (Å²) in [6, 6.07) is 6.54. The van der Waals surface area contributed by atoms with E-state index in [1.54, 1.807) is 24.6 Å². The number of benzene rings is 1. The number of likely N-dealkylation sites (tertiary alicyclic amines) is 1. The molecule has 3 unspecified atom stereocenters. The van der Waals surface area contributed by atoms with Gasteiger partial charge in [-0.1, -0.05) is 23.4 Å². The van der Waals surface area contributed by atoms with Gasteiger partial charge in [0.1, 0.15) is 37.2 Å². The van der Waals surface area contributed by atoms with Gasteiger partial charge in [-0.15, -0.1) is 11.3 Å². The van der Waals surface area contributed by atoms with Gasteiger partial charge in [0.2, 0.25) is 0 Å². The zero-order valence-electron chi connectivity index (χ0n) is 26.5. The van der Waals surface area contributed by atoms with Crippen molar-refractivity contribution in [2.24, 2.45) is 11.1 Å². The average Bonchev–Trinajstić information content (AvgIpc) is 3.50. The number of ether oxygens (including phenoxy) is 2. The van der Waals surface area contributed by atoms with Gasteiger partial charge in [0.15, 0.2) is 16.6 Å². The van der Waals surface area contributed by atoms with Crippen molar-refractivity contribution >= 4 is 51.6 Å². The Morgan fingerprint density at radius 1 is 1.23 bits per heavy atom. The highest BCUT2D eigenvalue weighted by Gasteiger charge is 2.56. The average molecular weight is 798 g/mol. The lowest BCUT2D eigenvalue weighted by Crippen LogP contribution is -3.00. The molecular formula is C32H40IN5O7S2. The van der Waals surface area contributed by atoms with E-state index in [4.69, 9.17) is 20.0 Å². The third kappa shape index (κ3) is 8.18. The summed E-state index contributed by atoms with van der Waals surface area (Å²) in [6.45, 7) is 1.82. The molecule has 1 saturated heterocycles. The Labute approximate surface area is 299 Å². The van der Waals surface area contributed by atoms with Gasteiger partial charge in [-0.3, -0.25) is 9.59 Å². The zero-order chi connectivity index (χ0) is 32.8. The second kappa shape index (κ2) is 16.4. The predicted octanol–water partition coefficient (Wildman–Crippen LogP) is -0.525. The molecule has 12 nitrogen and oxygen atoms in total. The van der Waals surface area contributed by atoms with Crippen molar-refractivity contribution in [3.8, 4) is 5.75 Å². The highest BCUT2D eigenvalue weighted by Crippen LogP contribution is 2.46. The first-order chi connectivity index (χ1) is 22.2. The number of aromatic nitrogens is 1. The minimum atomic E-state index is -0.835. The smallest absolute Gasteiger partial charge is 0.335 e. The van der Waals surface area contributed by atoms with E-state index >= 15 is 0 Å². The second-order valence-electron chi connectivity index (χ2n) is 11.8. The maximum Gasteiger partial charge on any atom is 0.335 e. The summed E-state index contributed by atoms with van der Waals surface area (Å²) in [6.07, 6.45) is 7.14. The molecule has 1 aromatic carbocycles. The topological polar surface area (TPSA) is 162 Å². The molecule has 2 fully saturated rings. The number of nitrogens with two attached hydrogens (primary N) is 1. The van der Waals surface area contributed by atoms with Crippen LogP contribution in [0.1, 0.15) is 30.5 Å². The third-order valence-electron chi connectivity index (χ3n) is 8.95. The Kier molecular flexibility index (Phi) is 12.9. The number of carbonyl (C=O) groups excluding carboxylic acids is 3. The quantitative estimate of drug-likeness (QED) is 0.0838. The standard InChI is InChI=1S/C32H39N5O7S2.HI/c1-37(13-5-4-8-21(37)15-38)14-6-7-20-17-45-29-25(24(20)31(41)44-16-19-9-11-22(42-2)12-10-19)28(39)27(29)35-30(40)26(36-43-3)23-18-46-32(33)34-23;/h6-7,9-12,18,21,25,27,29,38H,4-5,8,13-17H2,1-3H3,(H2-,33,34,35,40);1H/b7-6+,36-26-;/t21?,25?,27-,29+,37?;/m1./s1. The third-order valence-corrected chi connectivity index (χ3v) is 11.0. The molecule has 0 radical (unpaired) electrons. The number of anilines is 1. The zero-order valence-corrected chi connectivity index (χ0v) is 30.3. The Bertz CT molecular complexity index is 1550. The van der Waals surface area contributed by atoms with Crippen LogP contribution in [0.25, 0.3) is 0 Å².